The monoisotopic (exact) mass is 641 g/mol. The number of aromatic nitrogens is 2. The molecule has 0 radical (unpaired) electrons. The fraction of sp³-hybridized carbons (Fsp3) is 0.0811. The molecule has 1 N–H and O–H groups in total. The van der Waals surface area contributed by atoms with Crippen molar-refractivity contribution < 1.29 is 19.4 Å². The van der Waals surface area contributed by atoms with Crippen LogP contribution in [0.2, 0.25) is 0 Å². The molecule has 7 nitrogen and oxygen atoms in total. The number of hydrogen-bond donors (Lipinski definition) is 1. The molecule has 9 heteroatoms. The summed E-state index contributed by atoms with van der Waals surface area (Å²) in [6.45, 7) is 0.349. The van der Waals surface area contributed by atoms with Gasteiger partial charge < -0.3 is 9.84 Å². The zero-order valence-corrected chi connectivity index (χ0v) is 26.1. The third kappa shape index (κ3) is 5.90. The summed E-state index contributed by atoms with van der Waals surface area (Å²) in [5, 5.41) is 22.8. The summed E-state index contributed by atoms with van der Waals surface area (Å²) < 4.78 is 6.74. The van der Waals surface area contributed by atoms with Crippen LogP contribution in [0.3, 0.4) is 0 Å². The molecule has 1 atom stereocenters. The fourth-order valence-corrected chi connectivity index (χ4v) is 7.40. The van der Waals surface area contributed by atoms with Crippen LogP contribution in [0.1, 0.15) is 28.3 Å². The van der Waals surface area contributed by atoms with E-state index in [0.29, 0.717) is 33.6 Å². The molecule has 1 aromatic heterocycles. The van der Waals surface area contributed by atoms with Crippen LogP contribution in [-0.4, -0.2) is 27.0 Å². The standard InChI is InChI=1S/C37H27N3O4S2/c41-33(26-14-5-2-6-15-26)31-32(27-17-10-19-29(21-27)44-22-24-11-3-1-4-12-24)40(35(43)34(31)42)36-38-39-37(46-36)45-23-28-18-9-16-25-13-7-8-20-30(25)28/h1-21,32,41H,22-23H2/b33-31+. The number of hydrogen-bond acceptors (Lipinski definition) is 8. The van der Waals surface area contributed by atoms with Crippen molar-refractivity contribution in [1.29, 1.82) is 0 Å². The molecule has 1 unspecified atom stereocenters. The molecule has 2 heterocycles. The van der Waals surface area contributed by atoms with Gasteiger partial charge in [0.05, 0.1) is 11.6 Å². The Hall–Kier alpha value is -5.25. The predicted molar refractivity (Wildman–Crippen MR) is 182 cm³/mol. The number of amides is 1. The molecule has 0 spiro atoms. The fourth-order valence-electron chi connectivity index (χ4n) is 5.53. The number of nitrogens with zero attached hydrogens (tertiary/aromatic N) is 3. The lowest BCUT2D eigenvalue weighted by molar-refractivity contribution is -0.132. The number of thioether (sulfide) groups is 1. The molecular weight excluding hydrogens is 615 g/mol. The van der Waals surface area contributed by atoms with Crippen molar-refractivity contribution in [3.8, 4) is 5.75 Å². The highest BCUT2D eigenvalue weighted by Gasteiger charge is 2.48. The Labute approximate surface area is 273 Å². The Bertz CT molecular complexity index is 2070. The summed E-state index contributed by atoms with van der Waals surface area (Å²) in [6, 6.07) is 39.3. The van der Waals surface area contributed by atoms with E-state index in [-0.39, 0.29) is 16.5 Å². The van der Waals surface area contributed by atoms with Gasteiger partial charge in [0.1, 0.15) is 18.1 Å². The van der Waals surface area contributed by atoms with Crippen molar-refractivity contribution in [2.45, 2.75) is 22.7 Å². The molecule has 7 rings (SSSR count). The average Bonchev–Trinajstić information content (AvgIpc) is 3.68. The summed E-state index contributed by atoms with van der Waals surface area (Å²) >= 11 is 2.76. The molecule has 1 fully saturated rings. The lowest BCUT2D eigenvalue weighted by Gasteiger charge is -2.23. The Morgan fingerprint density at radius 1 is 0.826 bits per heavy atom. The minimum atomic E-state index is -0.940. The van der Waals surface area contributed by atoms with Gasteiger partial charge in [0.2, 0.25) is 5.13 Å². The second-order valence-corrected chi connectivity index (χ2v) is 12.8. The van der Waals surface area contributed by atoms with Gasteiger partial charge in [-0.15, -0.1) is 10.2 Å². The van der Waals surface area contributed by atoms with E-state index in [1.165, 1.54) is 33.4 Å². The van der Waals surface area contributed by atoms with Crippen molar-refractivity contribution in [2.24, 2.45) is 0 Å². The Balaban J connectivity index is 1.23. The molecule has 0 saturated carbocycles. The van der Waals surface area contributed by atoms with Gasteiger partial charge in [-0.05, 0) is 39.6 Å². The Morgan fingerprint density at radius 3 is 2.37 bits per heavy atom. The highest BCUT2D eigenvalue weighted by Crippen LogP contribution is 2.44. The highest BCUT2D eigenvalue weighted by molar-refractivity contribution is 8.00. The molecule has 1 amide bonds. The SMILES string of the molecule is O=C1C(=O)N(c2nnc(SCc3cccc4ccccc34)s2)C(c2cccc(OCc3ccccc3)c2)/C1=C(\O)c1ccccc1. The van der Waals surface area contributed by atoms with Crippen molar-refractivity contribution >= 4 is 56.5 Å². The Kier molecular flexibility index (Phi) is 8.33. The summed E-state index contributed by atoms with van der Waals surface area (Å²) in [7, 11) is 0. The minimum Gasteiger partial charge on any atom is -0.507 e. The topological polar surface area (TPSA) is 92.6 Å². The quantitative estimate of drug-likeness (QED) is 0.0560. The minimum absolute atomic E-state index is 0.0171. The lowest BCUT2D eigenvalue weighted by Crippen LogP contribution is -2.29. The first kappa shape index (κ1) is 29.5. The first-order chi connectivity index (χ1) is 22.6. The van der Waals surface area contributed by atoms with Gasteiger partial charge in [-0.25, -0.2) is 0 Å². The third-order valence-corrected chi connectivity index (χ3v) is 9.85. The maximum Gasteiger partial charge on any atom is 0.301 e. The summed E-state index contributed by atoms with van der Waals surface area (Å²) in [4.78, 5) is 28.7. The van der Waals surface area contributed by atoms with E-state index in [2.05, 4.69) is 34.5 Å². The van der Waals surface area contributed by atoms with E-state index >= 15 is 0 Å². The number of carbonyl (C=O) groups excluding carboxylic acids is 2. The smallest absolute Gasteiger partial charge is 0.301 e. The number of ether oxygens (including phenoxy) is 1. The largest absolute Gasteiger partial charge is 0.507 e. The van der Waals surface area contributed by atoms with Gasteiger partial charge in [-0.1, -0.05) is 138 Å². The van der Waals surface area contributed by atoms with E-state index in [0.717, 1.165) is 16.5 Å². The van der Waals surface area contributed by atoms with Crippen LogP contribution in [0.5, 0.6) is 5.75 Å². The molecule has 0 bridgehead atoms. The van der Waals surface area contributed by atoms with Crippen LogP contribution in [0.15, 0.2) is 137 Å². The number of anilines is 1. The van der Waals surface area contributed by atoms with Gasteiger partial charge in [-0.2, -0.15) is 0 Å². The average molecular weight is 642 g/mol. The van der Waals surface area contributed by atoms with Crippen LogP contribution >= 0.6 is 23.1 Å². The maximum absolute atomic E-state index is 13.7. The van der Waals surface area contributed by atoms with Gasteiger partial charge in [0.15, 0.2) is 4.34 Å². The molecular formula is C37H27N3O4S2. The molecule has 46 heavy (non-hydrogen) atoms. The molecule has 1 aliphatic rings. The molecule has 5 aromatic carbocycles. The zero-order chi connectivity index (χ0) is 31.5. The van der Waals surface area contributed by atoms with E-state index in [9.17, 15) is 14.7 Å². The number of carbonyl (C=O) groups is 2. The molecule has 1 aliphatic heterocycles. The molecule has 6 aromatic rings. The number of ketones is 1. The van der Waals surface area contributed by atoms with E-state index in [1.807, 2.05) is 72.8 Å². The number of aliphatic hydroxyl groups excluding tert-OH is 1. The highest BCUT2D eigenvalue weighted by atomic mass is 32.2. The van der Waals surface area contributed by atoms with Crippen molar-refractivity contribution in [2.75, 3.05) is 4.90 Å². The van der Waals surface area contributed by atoms with Crippen LogP contribution in [0.4, 0.5) is 5.13 Å². The number of benzene rings is 5. The third-order valence-electron chi connectivity index (χ3n) is 7.75. The summed E-state index contributed by atoms with van der Waals surface area (Å²) in [6.07, 6.45) is 0. The number of aliphatic hydroxyl groups is 1. The number of rotatable bonds is 9. The van der Waals surface area contributed by atoms with E-state index in [4.69, 9.17) is 4.74 Å². The van der Waals surface area contributed by atoms with Crippen LogP contribution in [0, 0.1) is 0 Å². The first-order valence-electron chi connectivity index (χ1n) is 14.6. The van der Waals surface area contributed by atoms with Crippen LogP contribution in [0.25, 0.3) is 16.5 Å². The first-order valence-corrected chi connectivity index (χ1v) is 16.4. The molecule has 0 aliphatic carbocycles. The van der Waals surface area contributed by atoms with Gasteiger partial charge in [-0.3, -0.25) is 14.5 Å². The van der Waals surface area contributed by atoms with Gasteiger partial charge in [0.25, 0.3) is 5.78 Å². The van der Waals surface area contributed by atoms with Crippen molar-refractivity contribution in [1.82, 2.24) is 10.2 Å². The second kappa shape index (κ2) is 13.0. The van der Waals surface area contributed by atoms with Crippen LogP contribution < -0.4 is 9.64 Å². The summed E-state index contributed by atoms with van der Waals surface area (Å²) in [5.41, 5.74) is 3.19. The maximum atomic E-state index is 13.7. The number of fused-ring (bicyclic) bond motifs is 1. The zero-order valence-electron chi connectivity index (χ0n) is 24.4. The molecule has 1 saturated heterocycles. The number of Topliss-reactive ketones (excluding diaryl/α,β-unsaturated/α-hetero) is 1. The summed E-state index contributed by atoms with van der Waals surface area (Å²) in [5.74, 6) is -0.595. The lowest BCUT2D eigenvalue weighted by atomic mass is 9.95. The second-order valence-electron chi connectivity index (χ2n) is 10.7. The van der Waals surface area contributed by atoms with Crippen LogP contribution in [-0.2, 0) is 21.9 Å². The Morgan fingerprint density at radius 2 is 1.54 bits per heavy atom. The molecule has 226 valence electrons. The predicted octanol–water partition coefficient (Wildman–Crippen LogP) is 8.19. The van der Waals surface area contributed by atoms with Gasteiger partial charge in [0, 0.05) is 11.3 Å². The van der Waals surface area contributed by atoms with Crippen molar-refractivity contribution in [3.63, 3.8) is 0 Å². The van der Waals surface area contributed by atoms with Gasteiger partial charge >= 0.3 is 5.91 Å². The van der Waals surface area contributed by atoms with E-state index in [1.54, 1.807) is 30.3 Å². The van der Waals surface area contributed by atoms with Crippen molar-refractivity contribution in [3.05, 3.63) is 155 Å². The normalized spacial score (nSPS) is 15.8. The van der Waals surface area contributed by atoms with E-state index < -0.39 is 17.7 Å².